The van der Waals surface area contributed by atoms with Crippen molar-refractivity contribution in [3.8, 4) is 0 Å². The molecule has 19 heavy (non-hydrogen) atoms. The van der Waals surface area contributed by atoms with Crippen LogP contribution in [0, 0.1) is 0 Å². The van der Waals surface area contributed by atoms with Gasteiger partial charge in [-0.2, -0.15) is 0 Å². The monoisotopic (exact) mass is 325 g/mol. The highest BCUT2D eigenvalue weighted by Crippen LogP contribution is 2.31. The van der Waals surface area contributed by atoms with Crippen LogP contribution >= 0.6 is 15.9 Å². The SMILES string of the molecule is NC(=O)NC(=O)CN1C(=O)C(=O)c2ccc(Br)cc21. The van der Waals surface area contributed by atoms with E-state index in [-0.39, 0.29) is 5.56 Å². The fourth-order valence-corrected chi connectivity index (χ4v) is 2.09. The number of urea groups is 1. The molecule has 98 valence electrons. The summed E-state index contributed by atoms with van der Waals surface area (Å²) in [6, 6.07) is 3.65. The number of nitrogens with one attached hydrogen (secondary N) is 1. The van der Waals surface area contributed by atoms with E-state index in [0.29, 0.717) is 10.2 Å². The van der Waals surface area contributed by atoms with Crippen molar-refractivity contribution in [3.63, 3.8) is 0 Å². The zero-order chi connectivity index (χ0) is 14.2. The van der Waals surface area contributed by atoms with Gasteiger partial charge in [-0.15, -0.1) is 0 Å². The van der Waals surface area contributed by atoms with Gasteiger partial charge in [-0.3, -0.25) is 24.6 Å². The summed E-state index contributed by atoms with van der Waals surface area (Å²) in [7, 11) is 0. The lowest BCUT2D eigenvalue weighted by Gasteiger charge is -2.15. The maximum Gasteiger partial charge on any atom is 0.318 e. The minimum atomic E-state index is -1.02. The first-order valence-corrected chi connectivity index (χ1v) is 5.94. The Kier molecular flexibility index (Phi) is 3.34. The Labute approximate surface area is 115 Å². The van der Waals surface area contributed by atoms with Crippen molar-refractivity contribution in [3.05, 3.63) is 28.2 Å². The van der Waals surface area contributed by atoms with Crippen LogP contribution < -0.4 is 16.0 Å². The molecule has 0 unspecified atom stereocenters. The summed E-state index contributed by atoms with van der Waals surface area (Å²) < 4.78 is 0.661. The number of primary amides is 1. The van der Waals surface area contributed by atoms with Crippen molar-refractivity contribution in [2.24, 2.45) is 5.73 Å². The number of benzene rings is 1. The van der Waals surface area contributed by atoms with Crippen LogP contribution in [-0.2, 0) is 9.59 Å². The van der Waals surface area contributed by atoms with E-state index in [1.54, 1.807) is 12.1 Å². The van der Waals surface area contributed by atoms with Crippen molar-refractivity contribution < 1.29 is 19.2 Å². The number of hydrogen-bond donors (Lipinski definition) is 2. The first-order valence-electron chi connectivity index (χ1n) is 5.15. The van der Waals surface area contributed by atoms with Crippen LogP contribution in [0.15, 0.2) is 22.7 Å². The quantitative estimate of drug-likeness (QED) is 0.755. The molecular weight excluding hydrogens is 318 g/mol. The van der Waals surface area contributed by atoms with Crippen LogP contribution in [0.2, 0.25) is 0 Å². The van der Waals surface area contributed by atoms with Crippen molar-refractivity contribution in [2.75, 3.05) is 11.4 Å². The number of ketones is 1. The number of imide groups is 1. The zero-order valence-corrected chi connectivity index (χ0v) is 11.1. The number of halogens is 1. The molecule has 0 saturated heterocycles. The Morgan fingerprint density at radius 2 is 2.00 bits per heavy atom. The Balaban J connectivity index is 2.30. The fourth-order valence-electron chi connectivity index (χ4n) is 1.74. The summed E-state index contributed by atoms with van der Waals surface area (Å²) in [4.78, 5) is 46.4. The molecular formula is C11H8BrN3O4. The van der Waals surface area contributed by atoms with E-state index in [4.69, 9.17) is 5.73 Å². The molecule has 1 aromatic rings. The van der Waals surface area contributed by atoms with E-state index in [1.165, 1.54) is 6.07 Å². The molecule has 1 aliphatic rings. The molecule has 0 saturated carbocycles. The number of nitrogens with two attached hydrogens (primary N) is 1. The lowest BCUT2D eigenvalue weighted by Crippen LogP contribution is -2.44. The van der Waals surface area contributed by atoms with Crippen molar-refractivity contribution >= 4 is 45.2 Å². The van der Waals surface area contributed by atoms with E-state index in [9.17, 15) is 19.2 Å². The van der Waals surface area contributed by atoms with Crippen molar-refractivity contribution in [2.45, 2.75) is 0 Å². The molecule has 0 spiro atoms. The second-order valence-corrected chi connectivity index (χ2v) is 4.71. The second-order valence-electron chi connectivity index (χ2n) is 3.79. The number of fused-ring (bicyclic) bond motifs is 1. The predicted octanol–water partition coefficient (Wildman–Crippen LogP) is 0.173. The lowest BCUT2D eigenvalue weighted by atomic mass is 10.1. The summed E-state index contributed by atoms with van der Waals surface area (Å²) in [6.45, 7) is -0.447. The van der Waals surface area contributed by atoms with Crippen molar-refractivity contribution in [1.29, 1.82) is 0 Å². The summed E-state index contributed by atoms with van der Waals surface area (Å²) >= 11 is 3.21. The molecule has 1 aliphatic heterocycles. The van der Waals surface area contributed by atoms with Crippen LogP contribution in [0.5, 0.6) is 0 Å². The van der Waals surface area contributed by atoms with Crippen LogP contribution in [-0.4, -0.2) is 30.2 Å². The zero-order valence-electron chi connectivity index (χ0n) is 9.47. The molecule has 0 bridgehead atoms. The first kappa shape index (κ1) is 13.2. The van der Waals surface area contributed by atoms with Crippen LogP contribution in [0.1, 0.15) is 10.4 Å². The van der Waals surface area contributed by atoms with Gasteiger partial charge in [0.2, 0.25) is 5.91 Å². The molecule has 7 nitrogen and oxygen atoms in total. The molecule has 8 heteroatoms. The fraction of sp³-hybridized carbons (Fsp3) is 0.0909. The molecule has 1 heterocycles. The Bertz CT molecular complexity index is 614. The first-order chi connectivity index (χ1) is 8.90. The average molecular weight is 326 g/mol. The normalized spacial score (nSPS) is 13.4. The molecule has 0 aliphatic carbocycles. The van der Waals surface area contributed by atoms with Crippen LogP contribution in [0.4, 0.5) is 10.5 Å². The van der Waals surface area contributed by atoms with Gasteiger partial charge >= 0.3 is 6.03 Å². The summed E-state index contributed by atoms with van der Waals surface area (Å²) in [5.41, 5.74) is 5.34. The maximum atomic E-state index is 11.8. The third-order valence-corrected chi connectivity index (χ3v) is 2.99. The number of hydrogen-bond acceptors (Lipinski definition) is 4. The topological polar surface area (TPSA) is 110 Å². The number of anilines is 1. The molecule has 0 atom stereocenters. The van der Waals surface area contributed by atoms with Gasteiger partial charge in [0, 0.05) is 4.47 Å². The Morgan fingerprint density at radius 3 is 2.63 bits per heavy atom. The largest absolute Gasteiger partial charge is 0.351 e. The molecule has 3 N–H and O–H groups in total. The van der Waals surface area contributed by atoms with E-state index >= 15 is 0 Å². The molecule has 4 amide bonds. The number of Topliss-reactive ketones (excluding diaryl/α,β-unsaturated/α-hetero) is 1. The maximum absolute atomic E-state index is 11.8. The van der Waals surface area contributed by atoms with Gasteiger partial charge in [-0.25, -0.2) is 4.79 Å². The molecule has 0 radical (unpaired) electrons. The van der Waals surface area contributed by atoms with Gasteiger partial charge in [0.15, 0.2) is 0 Å². The predicted molar refractivity (Wildman–Crippen MR) is 68.6 cm³/mol. The lowest BCUT2D eigenvalue weighted by molar-refractivity contribution is -0.121. The van der Waals surface area contributed by atoms with Gasteiger partial charge in [0.1, 0.15) is 6.54 Å². The number of nitrogens with zero attached hydrogens (tertiary/aromatic N) is 1. The van der Waals surface area contributed by atoms with Gasteiger partial charge in [0.05, 0.1) is 11.3 Å². The minimum Gasteiger partial charge on any atom is -0.351 e. The number of amides is 4. The minimum absolute atomic E-state index is 0.222. The van der Waals surface area contributed by atoms with Gasteiger partial charge in [-0.05, 0) is 18.2 Å². The Hall–Kier alpha value is -2.22. The van der Waals surface area contributed by atoms with Gasteiger partial charge < -0.3 is 5.73 Å². The van der Waals surface area contributed by atoms with Crippen LogP contribution in [0.25, 0.3) is 0 Å². The molecule has 0 fully saturated rings. The molecule has 2 rings (SSSR count). The highest BCUT2D eigenvalue weighted by molar-refractivity contribution is 9.10. The standard InChI is InChI=1S/C11H8BrN3O4/c12-5-1-2-6-7(3-5)15(10(18)9(6)17)4-8(16)14-11(13)19/h1-3H,4H2,(H3,13,14,16,19). The van der Waals surface area contributed by atoms with Crippen molar-refractivity contribution in [1.82, 2.24) is 5.32 Å². The molecule has 1 aromatic carbocycles. The van der Waals surface area contributed by atoms with E-state index < -0.39 is 30.2 Å². The van der Waals surface area contributed by atoms with E-state index in [0.717, 1.165) is 4.90 Å². The van der Waals surface area contributed by atoms with E-state index in [1.807, 2.05) is 5.32 Å². The third-order valence-electron chi connectivity index (χ3n) is 2.50. The van der Waals surface area contributed by atoms with E-state index in [2.05, 4.69) is 15.9 Å². The van der Waals surface area contributed by atoms with Gasteiger partial charge in [0.25, 0.3) is 11.7 Å². The smallest absolute Gasteiger partial charge is 0.318 e. The number of carbonyl (C=O) groups is 4. The number of rotatable bonds is 2. The number of carbonyl (C=O) groups excluding carboxylic acids is 4. The second kappa shape index (κ2) is 4.81. The third kappa shape index (κ3) is 2.48. The highest BCUT2D eigenvalue weighted by atomic mass is 79.9. The summed E-state index contributed by atoms with van der Waals surface area (Å²) in [5, 5.41) is 1.83. The highest BCUT2D eigenvalue weighted by Gasteiger charge is 2.36. The molecule has 0 aromatic heterocycles. The van der Waals surface area contributed by atoms with Crippen LogP contribution in [0.3, 0.4) is 0 Å². The average Bonchev–Trinajstić information content (AvgIpc) is 2.53. The summed E-state index contributed by atoms with van der Waals surface area (Å²) in [6.07, 6.45) is 0. The summed E-state index contributed by atoms with van der Waals surface area (Å²) in [5.74, 6) is -2.26. The van der Waals surface area contributed by atoms with Gasteiger partial charge in [-0.1, -0.05) is 15.9 Å². The Morgan fingerprint density at radius 1 is 1.32 bits per heavy atom.